The fourth-order valence-corrected chi connectivity index (χ4v) is 2.57. The summed E-state index contributed by atoms with van der Waals surface area (Å²) in [7, 11) is 0. The third-order valence-electron chi connectivity index (χ3n) is 3.77. The van der Waals surface area contributed by atoms with E-state index >= 15 is 0 Å². The van der Waals surface area contributed by atoms with Crippen LogP contribution in [0, 0.1) is 5.82 Å². The lowest BCUT2D eigenvalue weighted by atomic mass is 10.0. The molecule has 0 spiro atoms. The average molecular weight is 287 g/mol. The van der Waals surface area contributed by atoms with Gasteiger partial charge in [-0.3, -0.25) is 0 Å². The second-order valence-electron chi connectivity index (χ2n) is 5.24. The van der Waals surface area contributed by atoms with Gasteiger partial charge in [-0.05, 0) is 37.6 Å². The van der Waals surface area contributed by atoms with Gasteiger partial charge in [0.05, 0.1) is 0 Å². The summed E-state index contributed by atoms with van der Waals surface area (Å²) in [5.41, 5.74) is 1.76. The SMILES string of the molecule is CC(N[C@H](C)c1ccccc1F)c1ccc2c(c1)OCO2. The van der Waals surface area contributed by atoms with Crippen LogP contribution in [0.1, 0.15) is 37.1 Å². The molecule has 2 aromatic carbocycles. The van der Waals surface area contributed by atoms with Gasteiger partial charge in [0, 0.05) is 17.6 Å². The lowest BCUT2D eigenvalue weighted by Gasteiger charge is -2.21. The first-order valence-corrected chi connectivity index (χ1v) is 7.05. The Morgan fingerprint density at radius 3 is 2.57 bits per heavy atom. The Morgan fingerprint density at radius 2 is 1.76 bits per heavy atom. The van der Waals surface area contributed by atoms with Crippen LogP contribution < -0.4 is 14.8 Å². The molecular weight excluding hydrogens is 269 g/mol. The highest BCUT2D eigenvalue weighted by Crippen LogP contribution is 2.34. The highest BCUT2D eigenvalue weighted by atomic mass is 19.1. The summed E-state index contributed by atoms with van der Waals surface area (Å²) in [5, 5.41) is 3.41. The normalized spacial score (nSPS) is 15.8. The van der Waals surface area contributed by atoms with E-state index in [-0.39, 0.29) is 24.7 Å². The quantitative estimate of drug-likeness (QED) is 0.923. The van der Waals surface area contributed by atoms with Gasteiger partial charge in [-0.15, -0.1) is 0 Å². The van der Waals surface area contributed by atoms with E-state index in [1.807, 2.05) is 31.2 Å². The summed E-state index contributed by atoms with van der Waals surface area (Å²) in [5.74, 6) is 1.35. The summed E-state index contributed by atoms with van der Waals surface area (Å²) in [4.78, 5) is 0. The Morgan fingerprint density at radius 1 is 1.00 bits per heavy atom. The van der Waals surface area contributed by atoms with E-state index in [1.54, 1.807) is 12.1 Å². The van der Waals surface area contributed by atoms with Crippen molar-refractivity contribution >= 4 is 0 Å². The first kappa shape index (κ1) is 13.9. The topological polar surface area (TPSA) is 30.5 Å². The van der Waals surface area contributed by atoms with Crippen molar-refractivity contribution in [1.82, 2.24) is 5.32 Å². The molecule has 0 bridgehead atoms. The lowest BCUT2D eigenvalue weighted by Crippen LogP contribution is -2.23. The third-order valence-corrected chi connectivity index (χ3v) is 3.77. The zero-order valence-corrected chi connectivity index (χ0v) is 12.1. The van der Waals surface area contributed by atoms with Crippen molar-refractivity contribution < 1.29 is 13.9 Å². The summed E-state index contributed by atoms with van der Waals surface area (Å²) in [6.45, 7) is 4.28. The van der Waals surface area contributed by atoms with Crippen LogP contribution in [0.3, 0.4) is 0 Å². The molecule has 1 N–H and O–H groups in total. The summed E-state index contributed by atoms with van der Waals surface area (Å²) >= 11 is 0. The first-order valence-electron chi connectivity index (χ1n) is 7.05. The molecule has 2 aromatic rings. The predicted octanol–water partition coefficient (Wildman–Crippen LogP) is 3.97. The zero-order chi connectivity index (χ0) is 14.8. The number of hydrogen-bond donors (Lipinski definition) is 1. The van der Waals surface area contributed by atoms with Crippen molar-refractivity contribution in [3.63, 3.8) is 0 Å². The van der Waals surface area contributed by atoms with E-state index < -0.39 is 0 Å². The molecule has 2 atom stereocenters. The van der Waals surface area contributed by atoms with E-state index in [0.717, 1.165) is 17.1 Å². The molecule has 110 valence electrons. The van der Waals surface area contributed by atoms with E-state index in [2.05, 4.69) is 12.2 Å². The van der Waals surface area contributed by atoms with Gasteiger partial charge < -0.3 is 14.8 Å². The molecule has 3 rings (SSSR count). The molecule has 4 heteroatoms. The molecule has 0 aromatic heterocycles. The Balaban J connectivity index is 1.74. The van der Waals surface area contributed by atoms with E-state index in [1.165, 1.54) is 6.07 Å². The van der Waals surface area contributed by atoms with E-state index in [0.29, 0.717) is 5.56 Å². The molecule has 0 saturated carbocycles. The Kier molecular flexibility index (Phi) is 3.80. The molecule has 0 fully saturated rings. The van der Waals surface area contributed by atoms with Crippen LogP contribution in [0.4, 0.5) is 4.39 Å². The van der Waals surface area contributed by atoms with Crippen LogP contribution in [-0.4, -0.2) is 6.79 Å². The van der Waals surface area contributed by atoms with Gasteiger partial charge in [0.1, 0.15) is 5.82 Å². The molecule has 1 heterocycles. The maximum atomic E-state index is 13.8. The molecular formula is C17H18FNO2. The molecule has 1 unspecified atom stereocenters. The Hall–Kier alpha value is -2.07. The number of benzene rings is 2. The Bertz CT molecular complexity index is 644. The maximum Gasteiger partial charge on any atom is 0.231 e. The number of nitrogens with one attached hydrogen (secondary N) is 1. The van der Waals surface area contributed by atoms with Crippen LogP contribution in [0.5, 0.6) is 11.5 Å². The van der Waals surface area contributed by atoms with Crippen molar-refractivity contribution in [3.8, 4) is 11.5 Å². The second-order valence-corrected chi connectivity index (χ2v) is 5.24. The van der Waals surface area contributed by atoms with Crippen LogP contribution in [0.25, 0.3) is 0 Å². The number of rotatable bonds is 4. The summed E-state index contributed by atoms with van der Waals surface area (Å²) in [6.07, 6.45) is 0. The predicted molar refractivity (Wildman–Crippen MR) is 78.9 cm³/mol. The largest absolute Gasteiger partial charge is 0.454 e. The monoisotopic (exact) mass is 287 g/mol. The minimum atomic E-state index is -0.185. The number of fused-ring (bicyclic) bond motifs is 1. The van der Waals surface area contributed by atoms with Gasteiger partial charge in [0.15, 0.2) is 11.5 Å². The number of halogens is 1. The van der Waals surface area contributed by atoms with Gasteiger partial charge in [0.2, 0.25) is 6.79 Å². The zero-order valence-electron chi connectivity index (χ0n) is 12.1. The summed E-state index contributed by atoms with van der Waals surface area (Å²) in [6, 6.07) is 12.7. The molecule has 21 heavy (non-hydrogen) atoms. The fourth-order valence-electron chi connectivity index (χ4n) is 2.57. The minimum Gasteiger partial charge on any atom is -0.454 e. The molecule has 0 amide bonds. The van der Waals surface area contributed by atoms with Crippen molar-refractivity contribution in [3.05, 3.63) is 59.4 Å². The highest BCUT2D eigenvalue weighted by molar-refractivity contribution is 5.45. The number of ether oxygens (including phenoxy) is 2. The van der Waals surface area contributed by atoms with Gasteiger partial charge in [-0.1, -0.05) is 24.3 Å². The molecule has 0 radical (unpaired) electrons. The second kappa shape index (κ2) is 5.74. The average Bonchev–Trinajstić information content (AvgIpc) is 2.94. The van der Waals surface area contributed by atoms with Gasteiger partial charge >= 0.3 is 0 Å². The summed E-state index contributed by atoms with van der Waals surface area (Å²) < 4.78 is 24.5. The van der Waals surface area contributed by atoms with Crippen molar-refractivity contribution in [2.45, 2.75) is 25.9 Å². The highest BCUT2D eigenvalue weighted by Gasteiger charge is 2.18. The third kappa shape index (κ3) is 2.85. The molecule has 1 aliphatic rings. The van der Waals surface area contributed by atoms with Gasteiger partial charge in [-0.2, -0.15) is 0 Å². The maximum absolute atomic E-state index is 13.8. The van der Waals surface area contributed by atoms with Crippen molar-refractivity contribution in [1.29, 1.82) is 0 Å². The van der Waals surface area contributed by atoms with Crippen LogP contribution in [-0.2, 0) is 0 Å². The first-order chi connectivity index (χ1) is 10.1. The standard InChI is InChI=1S/C17H18FNO2/c1-11(13-7-8-16-17(9-13)21-10-20-16)19-12(2)14-5-3-4-6-15(14)18/h3-9,11-12,19H,10H2,1-2H3/t11?,12-/m1/s1. The van der Waals surface area contributed by atoms with E-state index in [9.17, 15) is 4.39 Å². The van der Waals surface area contributed by atoms with E-state index in [4.69, 9.17) is 9.47 Å². The van der Waals surface area contributed by atoms with Gasteiger partial charge in [-0.25, -0.2) is 4.39 Å². The van der Waals surface area contributed by atoms with Crippen molar-refractivity contribution in [2.24, 2.45) is 0 Å². The lowest BCUT2D eigenvalue weighted by molar-refractivity contribution is 0.174. The molecule has 0 aliphatic carbocycles. The van der Waals surface area contributed by atoms with Crippen LogP contribution >= 0.6 is 0 Å². The van der Waals surface area contributed by atoms with Crippen molar-refractivity contribution in [2.75, 3.05) is 6.79 Å². The van der Waals surface area contributed by atoms with Crippen LogP contribution in [0.15, 0.2) is 42.5 Å². The molecule has 1 aliphatic heterocycles. The molecule has 0 saturated heterocycles. The fraction of sp³-hybridized carbons (Fsp3) is 0.294. The van der Waals surface area contributed by atoms with Gasteiger partial charge in [0.25, 0.3) is 0 Å². The Labute approximate surface area is 123 Å². The smallest absolute Gasteiger partial charge is 0.231 e. The number of hydrogen-bond acceptors (Lipinski definition) is 3. The minimum absolute atomic E-state index is 0.0772. The van der Waals surface area contributed by atoms with Crippen LogP contribution in [0.2, 0.25) is 0 Å². The molecule has 3 nitrogen and oxygen atoms in total.